The predicted octanol–water partition coefficient (Wildman–Crippen LogP) is 3.42. The maximum atomic E-state index is 12.4. The van der Waals surface area contributed by atoms with Crippen molar-refractivity contribution in [2.75, 3.05) is 6.54 Å². The molecule has 23 heavy (non-hydrogen) atoms. The van der Waals surface area contributed by atoms with E-state index in [0.717, 1.165) is 23.6 Å². The second-order valence-electron chi connectivity index (χ2n) is 5.50. The second kappa shape index (κ2) is 6.42. The topological polar surface area (TPSA) is 60.1 Å². The third kappa shape index (κ3) is 3.22. The maximum Gasteiger partial charge on any atom is 0.253 e. The van der Waals surface area contributed by atoms with Crippen LogP contribution < -0.4 is 5.32 Å². The van der Waals surface area contributed by atoms with Gasteiger partial charge >= 0.3 is 0 Å². The number of carbonyl (C=O) groups excluding carboxylic acids is 1. The van der Waals surface area contributed by atoms with E-state index in [0.29, 0.717) is 17.9 Å². The Bertz CT molecular complexity index is 815. The van der Waals surface area contributed by atoms with Crippen LogP contribution >= 0.6 is 11.3 Å². The van der Waals surface area contributed by atoms with E-state index in [1.807, 2.05) is 48.9 Å². The first kappa shape index (κ1) is 15.6. The Kier molecular flexibility index (Phi) is 4.34. The molecular weight excluding hydrogens is 310 g/mol. The smallest absolute Gasteiger partial charge is 0.253 e. The van der Waals surface area contributed by atoms with Gasteiger partial charge in [-0.2, -0.15) is 0 Å². The van der Waals surface area contributed by atoms with Crippen LogP contribution in [0.15, 0.2) is 34.2 Å². The number of rotatable bonds is 5. The van der Waals surface area contributed by atoms with Crippen LogP contribution in [0.2, 0.25) is 0 Å². The lowest BCUT2D eigenvalue weighted by Crippen LogP contribution is -2.26. The molecule has 1 amide bonds. The van der Waals surface area contributed by atoms with Gasteiger partial charge in [-0.1, -0.05) is 11.2 Å². The van der Waals surface area contributed by atoms with Crippen molar-refractivity contribution in [3.63, 3.8) is 0 Å². The number of thiophene rings is 1. The van der Waals surface area contributed by atoms with Crippen LogP contribution in [0, 0.1) is 20.8 Å². The lowest BCUT2D eigenvalue weighted by molar-refractivity contribution is 0.0953. The lowest BCUT2D eigenvalue weighted by Gasteiger charge is -2.06. The molecular formula is C17H19N3O2S. The first-order chi connectivity index (χ1) is 11.1. The SMILES string of the molecule is Cc1cc(-n2c(C)cc(C(=O)NCCc3cccs3)c2C)no1. The zero-order valence-electron chi connectivity index (χ0n) is 13.4. The number of amides is 1. The minimum atomic E-state index is -0.0545. The summed E-state index contributed by atoms with van der Waals surface area (Å²) < 4.78 is 7.07. The lowest BCUT2D eigenvalue weighted by atomic mass is 10.2. The molecule has 3 aromatic rings. The first-order valence-corrected chi connectivity index (χ1v) is 8.37. The highest BCUT2D eigenvalue weighted by atomic mass is 32.1. The Hall–Kier alpha value is -2.34. The van der Waals surface area contributed by atoms with E-state index < -0.39 is 0 Å². The van der Waals surface area contributed by atoms with Gasteiger partial charge in [-0.05, 0) is 44.7 Å². The Morgan fingerprint density at radius 2 is 2.17 bits per heavy atom. The van der Waals surface area contributed by atoms with Crippen molar-refractivity contribution in [1.29, 1.82) is 0 Å². The summed E-state index contributed by atoms with van der Waals surface area (Å²) in [6.07, 6.45) is 0.852. The molecule has 120 valence electrons. The molecule has 0 aliphatic rings. The molecule has 1 N–H and O–H groups in total. The fourth-order valence-corrected chi connectivity index (χ4v) is 3.36. The van der Waals surface area contributed by atoms with Crippen molar-refractivity contribution in [1.82, 2.24) is 15.0 Å². The van der Waals surface area contributed by atoms with E-state index in [2.05, 4.69) is 16.5 Å². The van der Waals surface area contributed by atoms with E-state index in [9.17, 15) is 4.79 Å². The highest BCUT2D eigenvalue weighted by Crippen LogP contribution is 2.20. The molecule has 6 heteroatoms. The minimum absolute atomic E-state index is 0.0545. The van der Waals surface area contributed by atoms with Gasteiger partial charge in [-0.15, -0.1) is 11.3 Å². The van der Waals surface area contributed by atoms with Gasteiger partial charge < -0.3 is 9.84 Å². The molecule has 0 spiro atoms. The number of aryl methyl sites for hydroxylation is 2. The molecule has 0 bridgehead atoms. The summed E-state index contributed by atoms with van der Waals surface area (Å²) in [5, 5.41) is 9.07. The highest BCUT2D eigenvalue weighted by Gasteiger charge is 2.18. The molecule has 0 aromatic carbocycles. The van der Waals surface area contributed by atoms with Crippen LogP contribution in [0.1, 0.15) is 32.4 Å². The first-order valence-electron chi connectivity index (χ1n) is 7.49. The normalized spacial score (nSPS) is 10.9. The van der Waals surface area contributed by atoms with Crippen molar-refractivity contribution in [3.05, 3.63) is 57.2 Å². The van der Waals surface area contributed by atoms with Crippen molar-refractivity contribution in [2.24, 2.45) is 0 Å². The summed E-state index contributed by atoms with van der Waals surface area (Å²) in [7, 11) is 0. The van der Waals surface area contributed by atoms with Crippen molar-refractivity contribution >= 4 is 17.2 Å². The number of hydrogen-bond donors (Lipinski definition) is 1. The van der Waals surface area contributed by atoms with Gasteiger partial charge in [0, 0.05) is 28.9 Å². The number of nitrogens with one attached hydrogen (secondary N) is 1. The zero-order valence-corrected chi connectivity index (χ0v) is 14.2. The summed E-state index contributed by atoms with van der Waals surface area (Å²) in [4.78, 5) is 13.7. The molecule has 5 nitrogen and oxygen atoms in total. The van der Waals surface area contributed by atoms with Gasteiger partial charge in [-0.3, -0.25) is 9.36 Å². The maximum absolute atomic E-state index is 12.4. The molecule has 0 aliphatic carbocycles. The largest absolute Gasteiger partial charge is 0.360 e. The second-order valence-corrected chi connectivity index (χ2v) is 6.53. The van der Waals surface area contributed by atoms with Crippen molar-refractivity contribution in [3.8, 4) is 5.82 Å². The van der Waals surface area contributed by atoms with Gasteiger partial charge in [0.2, 0.25) is 0 Å². The molecule has 3 heterocycles. The van der Waals surface area contributed by atoms with E-state index >= 15 is 0 Å². The molecule has 3 aromatic heterocycles. The van der Waals surface area contributed by atoms with Crippen LogP contribution in [0.3, 0.4) is 0 Å². The van der Waals surface area contributed by atoms with E-state index in [4.69, 9.17) is 4.52 Å². The molecule has 0 atom stereocenters. The van der Waals surface area contributed by atoms with Crippen LogP contribution in [-0.4, -0.2) is 22.2 Å². The molecule has 3 rings (SSSR count). The molecule has 0 unspecified atom stereocenters. The van der Waals surface area contributed by atoms with Crippen LogP contribution in [-0.2, 0) is 6.42 Å². The van der Waals surface area contributed by atoms with Crippen LogP contribution in [0.25, 0.3) is 5.82 Å². The predicted molar refractivity (Wildman–Crippen MR) is 90.4 cm³/mol. The summed E-state index contributed by atoms with van der Waals surface area (Å²) in [5.41, 5.74) is 2.50. The Morgan fingerprint density at radius 1 is 1.35 bits per heavy atom. The van der Waals surface area contributed by atoms with E-state index in [1.165, 1.54) is 4.88 Å². The summed E-state index contributed by atoms with van der Waals surface area (Å²) in [6.45, 7) is 6.36. The molecule has 0 aliphatic heterocycles. The minimum Gasteiger partial charge on any atom is -0.360 e. The number of hydrogen-bond acceptors (Lipinski definition) is 4. The third-order valence-electron chi connectivity index (χ3n) is 3.76. The molecule has 0 fully saturated rings. The van der Waals surface area contributed by atoms with Crippen LogP contribution in [0.4, 0.5) is 0 Å². The Morgan fingerprint density at radius 3 is 2.83 bits per heavy atom. The van der Waals surface area contributed by atoms with E-state index in [1.54, 1.807) is 11.3 Å². The van der Waals surface area contributed by atoms with Crippen LogP contribution in [0.5, 0.6) is 0 Å². The molecule has 0 saturated carbocycles. The fourth-order valence-electron chi connectivity index (χ4n) is 2.65. The van der Waals surface area contributed by atoms with Gasteiger partial charge in [0.25, 0.3) is 5.91 Å². The van der Waals surface area contributed by atoms with Gasteiger partial charge in [0.1, 0.15) is 5.76 Å². The summed E-state index contributed by atoms with van der Waals surface area (Å²) in [5.74, 6) is 1.39. The van der Waals surface area contributed by atoms with Gasteiger partial charge in [0.15, 0.2) is 5.82 Å². The number of carbonyl (C=O) groups is 1. The zero-order chi connectivity index (χ0) is 16.4. The number of aromatic nitrogens is 2. The van der Waals surface area contributed by atoms with Gasteiger partial charge in [0.05, 0.1) is 5.56 Å². The average Bonchev–Trinajstić information content (AvgIpc) is 3.21. The fraction of sp³-hybridized carbons (Fsp3) is 0.294. The Labute approximate surface area is 138 Å². The van der Waals surface area contributed by atoms with Crippen molar-refractivity contribution < 1.29 is 9.32 Å². The van der Waals surface area contributed by atoms with E-state index in [-0.39, 0.29) is 5.91 Å². The third-order valence-corrected chi connectivity index (χ3v) is 4.69. The number of nitrogens with zero attached hydrogens (tertiary/aromatic N) is 2. The monoisotopic (exact) mass is 329 g/mol. The molecule has 0 radical (unpaired) electrons. The molecule has 0 saturated heterocycles. The standard InChI is InChI=1S/C17H19N3O2S/c1-11-9-15(13(3)20(11)16-10-12(2)22-19-16)17(21)18-7-6-14-5-4-8-23-14/h4-5,8-10H,6-7H2,1-3H3,(H,18,21). The van der Waals surface area contributed by atoms with Gasteiger partial charge in [-0.25, -0.2) is 0 Å². The quantitative estimate of drug-likeness (QED) is 0.780. The summed E-state index contributed by atoms with van der Waals surface area (Å²) in [6, 6.07) is 7.85. The van der Waals surface area contributed by atoms with Crippen molar-refractivity contribution in [2.45, 2.75) is 27.2 Å². The summed E-state index contributed by atoms with van der Waals surface area (Å²) >= 11 is 1.71. The Balaban J connectivity index is 1.74. The average molecular weight is 329 g/mol. The highest BCUT2D eigenvalue weighted by molar-refractivity contribution is 7.09.